The van der Waals surface area contributed by atoms with Gasteiger partial charge in [0.1, 0.15) is 16.5 Å². The molecule has 1 N–H and O–H groups in total. The predicted octanol–water partition coefficient (Wildman–Crippen LogP) is 2.63. The molecule has 0 aliphatic carbocycles. The molecule has 3 aromatic rings. The Balaban J connectivity index is 1.46. The van der Waals surface area contributed by atoms with E-state index in [-0.39, 0.29) is 5.56 Å². The van der Waals surface area contributed by atoms with E-state index in [9.17, 15) is 4.79 Å². The van der Waals surface area contributed by atoms with Gasteiger partial charge in [-0.3, -0.25) is 9.69 Å². The number of anilines is 1. The van der Waals surface area contributed by atoms with Crippen LogP contribution in [0.4, 0.5) is 5.82 Å². The third-order valence-electron chi connectivity index (χ3n) is 5.03. The summed E-state index contributed by atoms with van der Waals surface area (Å²) in [6.07, 6.45) is 0. The van der Waals surface area contributed by atoms with Gasteiger partial charge in [0.15, 0.2) is 0 Å². The van der Waals surface area contributed by atoms with E-state index >= 15 is 0 Å². The molecule has 0 saturated carbocycles. The maximum absolute atomic E-state index is 12.4. The Morgan fingerprint density at radius 2 is 1.88 bits per heavy atom. The predicted molar refractivity (Wildman–Crippen MR) is 106 cm³/mol. The van der Waals surface area contributed by atoms with Crippen molar-refractivity contribution < 1.29 is 0 Å². The molecular formula is C19H23N5OS. The van der Waals surface area contributed by atoms with Crippen molar-refractivity contribution in [3.8, 4) is 0 Å². The van der Waals surface area contributed by atoms with Gasteiger partial charge in [0, 0.05) is 36.8 Å². The second-order valence-electron chi connectivity index (χ2n) is 6.88. The zero-order valence-corrected chi connectivity index (χ0v) is 16.2. The van der Waals surface area contributed by atoms with Gasteiger partial charge >= 0.3 is 0 Å². The average molecular weight is 369 g/mol. The Morgan fingerprint density at radius 3 is 2.62 bits per heavy atom. The number of aromatic nitrogens is 3. The first-order chi connectivity index (χ1) is 12.5. The lowest BCUT2D eigenvalue weighted by Crippen LogP contribution is -2.46. The highest BCUT2D eigenvalue weighted by molar-refractivity contribution is 7.18. The summed E-state index contributed by atoms with van der Waals surface area (Å²) in [7, 11) is 0. The molecule has 26 heavy (non-hydrogen) atoms. The van der Waals surface area contributed by atoms with Gasteiger partial charge in [-0.05, 0) is 38.5 Å². The van der Waals surface area contributed by atoms with Crippen molar-refractivity contribution in [3.05, 3.63) is 50.5 Å². The minimum atomic E-state index is -0.0190. The van der Waals surface area contributed by atoms with Gasteiger partial charge < -0.3 is 9.88 Å². The largest absolute Gasteiger partial charge is 0.354 e. The number of thiophene rings is 1. The van der Waals surface area contributed by atoms with Crippen molar-refractivity contribution in [2.45, 2.75) is 27.3 Å². The van der Waals surface area contributed by atoms with Crippen LogP contribution >= 0.6 is 11.3 Å². The molecule has 0 atom stereocenters. The number of hydrogen-bond donors (Lipinski definition) is 1. The zero-order valence-electron chi connectivity index (χ0n) is 15.4. The van der Waals surface area contributed by atoms with Crippen LogP contribution in [-0.4, -0.2) is 46.0 Å². The number of hydrogen-bond acceptors (Lipinski definition) is 6. The van der Waals surface area contributed by atoms with Crippen LogP contribution in [0.2, 0.25) is 0 Å². The van der Waals surface area contributed by atoms with E-state index in [4.69, 9.17) is 4.98 Å². The molecule has 0 aromatic carbocycles. The van der Waals surface area contributed by atoms with Crippen molar-refractivity contribution in [3.63, 3.8) is 0 Å². The summed E-state index contributed by atoms with van der Waals surface area (Å²) in [5.41, 5.74) is 2.07. The monoisotopic (exact) mass is 369 g/mol. The van der Waals surface area contributed by atoms with E-state index in [1.54, 1.807) is 11.3 Å². The number of aromatic amines is 1. The van der Waals surface area contributed by atoms with Crippen LogP contribution < -0.4 is 10.5 Å². The summed E-state index contributed by atoms with van der Waals surface area (Å²) >= 11 is 1.60. The quantitative estimate of drug-likeness (QED) is 0.769. The Morgan fingerprint density at radius 1 is 1.12 bits per heavy atom. The van der Waals surface area contributed by atoms with Gasteiger partial charge in [-0.25, -0.2) is 9.97 Å². The van der Waals surface area contributed by atoms with Crippen LogP contribution in [0.25, 0.3) is 10.2 Å². The maximum atomic E-state index is 12.4. The van der Waals surface area contributed by atoms with Gasteiger partial charge in [0.05, 0.1) is 11.9 Å². The number of nitrogens with one attached hydrogen (secondary N) is 1. The Hall–Kier alpha value is -2.25. The average Bonchev–Trinajstić information content (AvgIpc) is 2.90. The van der Waals surface area contributed by atoms with Crippen molar-refractivity contribution >= 4 is 27.4 Å². The SMILES string of the molecule is Cc1cccc(N2CCN(Cc3nc4sc(C)c(C)c4c(=O)[nH]3)CC2)n1. The number of fused-ring (bicyclic) bond motifs is 1. The van der Waals surface area contributed by atoms with E-state index < -0.39 is 0 Å². The fourth-order valence-electron chi connectivity index (χ4n) is 3.43. The molecule has 136 valence electrons. The lowest BCUT2D eigenvalue weighted by molar-refractivity contribution is 0.243. The van der Waals surface area contributed by atoms with Crippen LogP contribution in [0.15, 0.2) is 23.0 Å². The van der Waals surface area contributed by atoms with Crippen molar-refractivity contribution in [1.82, 2.24) is 19.9 Å². The van der Waals surface area contributed by atoms with Crippen LogP contribution in [0.3, 0.4) is 0 Å². The van der Waals surface area contributed by atoms with E-state index in [2.05, 4.69) is 31.9 Å². The normalized spacial score (nSPS) is 15.7. The Kier molecular flexibility index (Phi) is 4.50. The number of H-pyrrole nitrogens is 1. The molecule has 0 radical (unpaired) electrons. The molecule has 1 aliphatic heterocycles. The maximum Gasteiger partial charge on any atom is 0.259 e. The first-order valence-electron chi connectivity index (χ1n) is 8.91. The molecule has 4 heterocycles. The van der Waals surface area contributed by atoms with Gasteiger partial charge in [0.2, 0.25) is 0 Å². The molecule has 7 heteroatoms. The van der Waals surface area contributed by atoms with E-state index in [1.165, 1.54) is 0 Å². The standard InChI is InChI=1S/C19H23N5OS/c1-12-5-4-6-16(20-12)24-9-7-23(8-10-24)11-15-21-18(25)17-13(2)14(3)26-19(17)22-15/h4-6H,7-11H2,1-3H3,(H,21,22,25). The number of pyridine rings is 1. The molecule has 1 fully saturated rings. The third kappa shape index (κ3) is 3.24. The molecule has 0 unspecified atom stereocenters. The van der Waals surface area contributed by atoms with E-state index in [0.717, 1.165) is 64.2 Å². The molecule has 0 bridgehead atoms. The fraction of sp³-hybridized carbons (Fsp3) is 0.421. The molecule has 1 aliphatic rings. The molecular weight excluding hydrogens is 346 g/mol. The van der Waals surface area contributed by atoms with Crippen LogP contribution in [0.1, 0.15) is 22.0 Å². The summed E-state index contributed by atoms with van der Waals surface area (Å²) in [5.74, 6) is 1.80. The summed E-state index contributed by atoms with van der Waals surface area (Å²) in [4.78, 5) is 31.4. The second-order valence-corrected chi connectivity index (χ2v) is 8.08. The van der Waals surface area contributed by atoms with E-state index in [1.807, 2.05) is 26.8 Å². The van der Waals surface area contributed by atoms with Crippen molar-refractivity contribution in [2.24, 2.45) is 0 Å². The highest BCUT2D eigenvalue weighted by Crippen LogP contribution is 2.25. The molecule has 0 spiro atoms. The summed E-state index contributed by atoms with van der Waals surface area (Å²) < 4.78 is 0. The molecule has 0 amide bonds. The van der Waals surface area contributed by atoms with Crippen LogP contribution in [0.5, 0.6) is 0 Å². The van der Waals surface area contributed by atoms with E-state index in [0.29, 0.717) is 6.54 Å². The lowest BCUT2D eigenvalue weighted by atomic mass is 10.2. The first-order valence-corrected chi connectivity index (χ1v) is 9.73. The Bertz CT molecular complexity index is 1000. The smallest absolute Gasteiger partial charge is 0.259 e. The number of aryl methyl sites for hydroxylation is 3. The lowest BCUT2D eigenvalue weighted by Gasteiger charge is -2.35. The molecule has 6 nitrogen and oxygen atoms in total. The molecule has 4 rings (SSSR count). The minimum Gasteiger partial charge on any atom is -0.354 e. The number of nitrogens with zero attached hydrogens (tertiary/aromatic N) is 4. The fourth-order valence-corrected chi connectivity index (χ4v) is 4.47. The van der Waals surface area contributed by atoms with Gasteiger partial charge in [-0.15, -0.1) is 11.3 Å². The van der Waals surface area contributed by atoms with Crippen LogP contribution in [0, 0.1) is 20.8 Å². The second kappa shape index (κ2) is 6.81. The van der Waals surface area contributed by atoms with Crippen molar-refractivity contribution in [2.75, 3.05) is 31.1 Å². The van der Waals surface area contributed by atoms with Crippen molar-refractivity contribution in [1.29, 1.82) is 0 Å². The topological polar surface area (TPSA) is 65.1 Å². The summed E-state index contributed by atoms with van der Waals surface area (Å²) in [6.45, 7) is 10.4. The zero-order chi connectivity index (χ0) is 18.3. The first kappa shape index (κ1) is 17.2. The minimum absolute atomic E-state index is 0.0190. The van der Waals surface area contributed by atoms with Gasteiger partial charge in [-0.2, -0.15) is 0 Å². The molecule has 1 saturated heterocycles. The third-order valence-corrected chi connectivity index (χ3v) is 6.13. The molecule has 3 aromatic heterocycles. The summed E-state index contributed by atoms with van der Waals surface area (Å²) in [6, 6.07) is 6.14. The number of rotatable bonds is 3. The highest BCUT2D eigenvalue weighted by Gasteiger charge is 2.20. The highest BCUT2D eigenvalue weighted by atomic mass is 32.1. The summed E-state index contributed by atoms with van der Waals surface area (Å²) in [5, 5.41) is 0.742. The number of piperazine rings is 1. The van der Waals surface area contributed by atoms with Gasteiger partial charge in [0.25, 0.3) is 5.56 Å². The van der Waals surface area contributed by atoms with Gasteiger partial charge in [-0.1, -0.05) is 6.07 Å². The van der Waals surface area contributed by atoms with Crippen LogP contribution in [-0.2, 0) is 6.54 Å². The Labute approximate surface area is 156 Å².